The van der Waals surface area contributed by atoms with E-state index in [1.165, 1.54) is 6.07 Å². The van der Waals surface area contributed by atoms with Crippen LogP contribution in [0, 0.1) is 17.6 Å². The van der Waals surface area contributed by atoms with Gasteiger partial charge in [-0.25, -0.2) is 8.78 Å². The summed E-state index contributed by atoms with van der Waals surface area (Å²) < 4.78 is 32.5. The standard InChI is InChI=1S/C20H21F2NO3/c21-17-3-6-19(22)16(10-17)9-15-7-8-23(11-15)20(25)13-26-18-4-1-14(12-24)2-5-18/h1-6,10,15,24H,7-9,11-13H2. The molecule has 2 aromatic rings. The van der Waals surface area contributed by atoms with Gasteiger partial charge in [-0.05, 0) is 60.2 Å². The Morgan fingerprint density at radius 3 is 2.69 bits per heavy atom. The summed E-state index contributed by atoms with van der Waals surface area (Å²) in [6.45, 7) is 0.995. The highest BCUT2D eigenvalue weighted by Gasteiger charge is 2.27. The summed E-state index contributed by atoms with van der Waals surface area (Å²) in [7, 11) is 0. The third kappa shape index (κ3) is 4.58. The van der Waals surface area contributed by atoms with Gasteiger partial charge in [0.05, 0.1) is 6.61 Å². The van der Waals surface area contributed by atoms with E-state index in [1.54, 1.807) is 29.2 Å². The Morgan fingerprint density at radius 1 is 1.19 bits per heavy atom. The number of rotatable bonds is 6. The third-order valence-electron chi connectivity index (χ3n) is 4.62. The van der Waals surface area contributed by atoms with Crippen LogP contribution in [0.2, 0.25) is 0 Å². The molecule has 3 rings (SSSR count). The molecule has 0 bridgehead atoms. The number of carbonyl (C=O) groups excluding carboxylic acids is 1. The molecule has 1 atom stereocenters. The van der Waals surface area contributed by atoms with E-state index in [2.05, 4.69) is 0 Å². The van der Waals surface area contributed by atoms with Crippen LogP contribution in [-0.2, 0) is 17.8 Å². The van der Waals surface area contributed by atoms with Crippen molar-refractivity contribution in [3.63, 3.8) is 0 Å². The molecule has 26 heavy (non-hydrogen) atoms. The number of likely N-dealkylation sites (tertiary alicyclic amines) is 1. The SMILES string of the molecule is O=C(COc1ccc(CO)cc1)N1CCC(Cc2cc(F)ccc2F)C1. The lowest BCUT2D eigenvalue weighted by molar-refractivity contribution is -0.132. The highest BCUT2D eigenvalue weighted by atomic mass is 19.1. The number of aliphatic hydroxyl groups is 1. The maximum Gasteiger partial charge on any atom is 0.260 e. The van der Waals surface area contributed by atoms with E-state index in [0.29, 0.717) is 30.8 Å². The zero-order valence-corrected chi connectivity index (χ0v) is 14.3. The molecule has 2 aromatic carbocycles. The van der Waals surface area contributed by atoms with Crippen LogP contribution in [0.15, 0.2) is 42.5 Å². The van der Waals surface area contributed by atoms with E-state index in [9.17, 15) is 13.6 Å². The molecule has 1 amide bonds. The number of hydrogen-bond donors (Lipinski definition) is 1. The van der Waals surface area contributed by atoms with Gasteiger partial charge in [0.15, 0.2) is 6.61 Å². The molecule has 1 aliphatic heterocycles. The van der Waals surface area contributed by atoms with E-state index < -0.39 is 11.6 Å². The fourth-order valence-corrected chi connectivity index (χ4v) is 3.16. The van der Waals surface area contributed by atoms with Gasteiger partial charge >= 0.3 is 0 Å². The highest BCUT2D eigenvalue weighted by Crippen LogP contribution is 2.23. The van der Waals surface area contributed by atoms with Crippen molar-refractivity contribution in [3.05, 3.63) is 65.2 Å². The van der Waals surface area contributed by atoms with Crippen LogP contribution in [0.5, 0.6) is 5.75 Å². The molecule has 1 fully saturated rings. The predicted molar refractivity (Wildman–Crippen MR) is 92.6 cm³/mol. The Kier molecular flexibility index (Phi) is 5.83. The van der Waals surface area contributed by atoms with Gasteiger partial charge < -0.3 is 14.7 Å². The molecule has 138 valence electrons. The van der Waals surface area contributed by atoms with Crippen LogP contribution in [0.4, 0.5) is 8.78 Å². The molecule has 0 aromatic heterocycles. The normalized spacial score (nSPS) is 16.7. The number of amides is 1. The molecule has 4 nitrogen and oxygen atoms in total. The second kappa shape index (κ2) is 8.27. The number of aliphatic hydroxyl groups excluding tert-OH is 1. The van der Waals surface area contributed by atoms with E-state index in [-0.39, 0.29) is 25.0 Å². The van der Waals surface area contributed by atoms with Crippen molar-refractivity contribution < 1.29 is 23.4 Å². The average molecular weight is 361 g/mol. The second-order valence-electron chi connectivity index (χ2n) is 6.53. The highest BCUT2D eigenvalue weighted by molar-refractivity contribution is 5.78. The number of carbonyl (C=O) groups is 1. The number of hydrogen-bond acceptors (Lipinski definition) is 3. The minimum Gasteiger partial charge on any atom is -0.484 e. The van der Waals surface area contributed by atoms with Crippen molar-refractivity contribution in [2.75, 3.05) is 19.7 Å². The van der Waals surface area contributed by atoms with E-state index in [4.69, 9.17) is 9.84 Å². The van der Waals surface area contributed by atoms with Gasteiger partial charge in [0.25, 0.3) is 5.91 Å². The molecule has 1 heterocycles. The predicted octanol–water partition coefficient (Wildman–Crippen LogP) is 2.93. The largest absolute Gasteiger partial charge is 0.484 e. The van der Waals surface area contributed by atoms with Crippen molar-refractivity contribution in [2.24, 2.45) is 5.92 Å². The summed E-state index contributed by atoms with van der Waals surface area (Å²) in [5, 5.41) is 9.01. The van der Waals surface area contributed by atoms with Crippen LogP contribution in [-0.4, -0.2) is 35.6 Å². The molecular formula is C20H21F2NO3. The Hall–Kier alpha value is -2.47. The summed E-state index contributed by atoms with van der Waals surface area (Å²) in [5.74, 6) is -0.315. The minimum absolute atomic E-state index is 0.0414. The van der Waals surface area contributed by atoms with E-state index in [0.717, 1.165) is 24.1 Å². The van der Waals surface area contributed by atoms with Crippen molar-refractivity contribution in [3.8, 4) is 5.75 Å². The van der Waals surface area contributed by atoms with Gasteiger partial charge in [-0.15, -0.1) is 0 Å². The molecule has 1 N–H and O–H groups in total. The van der Waals surface area contributed by atoms with Gasteiger partial charge in [0.1, 0.15) is 17.4 Å². The first-order chi connectivity index (χ1) is 12.5. The molecule has 0 radical (unpaired) electrons. The zero-order valence-electron chi connectivity index (χ0n) is 14.3. The first kappa shape index (κ1) is 18.3. The molecular weight excluding hydrogens is 340 g/mol. The molecule has 0 spiro atoms. The van der Waals surface area contributed by atoms with Crippen LogP contribution >= 0.6 is 0 Å². The Morgan fingerprint density at radius 2 is 1.96 bits per heavy atom. The third-order valence-corrected chi connectivity index (χ3v) is 4.62. The van der Waals surface area contributed by atoms with Gasteiger partial charge in [-0.3, -0.25) is 4.79 Å². The zero-order chi connectivity index (χ0) is 18.5. The first-order valence-electron chi connectivity index (χ1n) is 8.59. The summed E-state index contributed by atoms with van der Waals surface area (Å²) in [5.41, 5.74) is 1.13. The van der Waals surface area contributed by atoms with Crippen LogP contribution in [0.3, 0.4) is 0 Å². The van der Waals surface area contributed by atoms with Crippen LogP contribution in [0.25, 0.3) is 0 Å². The van der Waals surface area contributed by atoms with Gasteiger partial charge in [-0.2, -0.15) is 0 Å². The molecule has 1 saturated heterocycles. The summed E-state index contributed by atoms with van der Waals surface area (Å²) in [6.07, 6.45) is 1.17. The summed E-state index contributed by atoms with van der Waals surface area (Å²) in [6, 6.07) is 10.3. The summed E-state index contributed by atoms with van der Waals surface area (Å²) in [4.78, 5) is 14.0. The van der Waals surface area contributed by atoms with E-state index >= 15 is 0 Å². The quantitative estimate of drug-likeness (QED) is 0.861. The fourth-order valence-electron chi connectivity index (χ4n) is 3.16. The topological polar surface area (TPSA) is 49.8 Å². The number of nitrogens with zero attached hydrogens (tertiary/aromatic N) is 1. The first-order valence-corrected chi connectivity index (χ1v) is 8.59. The van der Waals surface area contributed by atoms with Gasteiger partial charge in [0, 0.05) is 13.1 Å². The van der Waals surface area contributed by atoms with E-state index in [1.807, 2.05) is 0 Å². The number of benzene rings is 2. The lowest BCUT2D eigenvalue weighted by atomic mass is 9.98. The maximum absolute atomic E-state index is 13.8. The molecule has 1 aliphatic rings. The van der Waals surface area contributed by atoms with Crippen LogP contribution < -0.4 is 4.74 Å². The van der Waals surface area contributed by atoms with Crippen molar-refractivity contribution >= 4 is 5.91 Å². The monoisotopic (exact) mass is 361 g/mol. The molecule has 6 heteroatoms. The van der Waals surface area contributed by atoms with Gasteiger partial charge in [0.2, 0.25) is 0 Å². The summed E-state index contributed by atoms with van der Waals surface area (Å²) >= 11 is 0. The van der Waals surface area contributed by atoms with Crippen LogP contribution in [0.1, 0.15) is 17.5 Å². The van der Waals surface area contributed by atoms with Crippen molar-refractivity contribution in [1.29, 1.82) is 0 Å². The molecule has 0 aliphatic carbocycles. The lowest BCUT2D eigenvalue weighted by Crippen LogP contribution is -2.33. The average Bonchev–Trinajstić information content (AvgIpc) is 3.12. The smallest absolute Gasteiger partial charge is 0.260 e. The van der Waals surface area contributed by atoms with Gasteiger partial charge in [-0.1, -0.05) is 12.1 Å². The molecule has 0 saturated carbocycles. The van der Waals surface area contributed by atoms with Crippen molar-refractivity contribution in [2.45, 2.75) is 19.4 Å². The second-order valence-corrected chi connectivity index (χ2v) is 6.53. The Balaban J connectivity index is 1.49. The Labute approximate surface area is 151 Å². The van der Waals surface area contributed by atoms with Crippen molar-refractivity contribution in [1.82, 2.24) is 4.90 Å². The molecule has 1 unspecified atom stereocenters. The number of halogens is 2. The number of ether oxygens (including phenoxy) is 1. The minimum atomic E-state index is -0.451. The maximum atomic E-state index is 13.8. The lowest BCUT2D eigenvalue weighted by Gasteiger charge is -2.17. The Bertz CT molecular complexity index is 764. The fraction of sp³-hybridized carbons (Fsp3) is 0.350.